The SMILES string of the molecule is O=C1CN(C2CCCC2)C(=O)N1C1c2n[nH]c(=O)c3cc(F)cc(c23)NC1c1ccc(F)cc1. The number of halogens is 2. The Morgan fingerprint density at radius 1 is 0.971 bits per heavy atom. The van der Waals surface area contributed by atoms with Crippen LogP contribution in [0.2, 0.25) is 0 Å². The summed E-state index contributed by atoms with van der Waals surface area (Å²) < 4.78 is 28.0. The monoisotopic (exact) mass is 465 g/mol. The van der Waals surface area contributed by atoms with Crippen LogP contribution in [0.5, 0.6) is 0 Å². The molecule has 3 amide bonds. The van der Waals surface area contributed by atoms with E-state index in [2.05, 4.69) is 15.5 Å². The Balaban J connectivity index is 1.54. The van der Waals surface area contributed by atoms with E-state index in [-0.39, 0.29) is 29.6 Å². The summed E-state index contributed by atoms with van der Waals surface area (Å²) in [5, 5.41) is 10.3. The van der Waals surface area contributed by atoms with Crippen molar-refractivity contribution in [3.05, 3.63) is 69.6 Å². The van der Waals surface area contributed by atoms with E-state index in [1.54, 1.807) is 17.0 Å². The Hall–Kier alpha value is -3.82. The molecule has 1 aromatic heterocycles. The van der Waals surface area contributed by atoms with Crippen LogP contribution in [0.25, 0.3) is 10.8 Å². The van der Waals surface area contributed by atoms with E-state index >= 15 is 0 Å². The first kappa shape index (κ1) is 20.8. The summed E-state index contributed by atoms with van der Waals surface area (Å²) in [7, 11) is 0. The van der Waals surface area contributed by atoms with Crippen LogP contribution >= 0.6 is 0 Å². The van der Waals surface area contributed by atoms with Crippen molar-refractivity contribution in [1.29, 1.82) is 0 Å². The largest absolute Gasteiger partial charge is 0.375 e. The van der Waals surface area contributed by atoms with Crippen LogP contribution in [0.4, 0.5) is 19.3 Å². The number of H-pyrrole nitrogens is 1. The van der Waals surface area contributed by atoms with Crippen LogP contribution in [0.15, 0.2) is 41.2 Å². The summed E-state index contributed by atoms with van der Waals surface area (Å²) >= 11 is 0. The number of hydrogen-bond acceptors (Lipinski definition) is 5. The highest BCUT2D eigenvalue weighted by atomic mass is 19.1. The summed E-state index contributed by atoms with van der Waals surface area (Å²) in [6.07, 6.45) is 3.71. The normalized spacial score (nSPS) is 22.6. The van der Waals surface area contributed by atoms with Gasteiger partial charge in [0.1, 0.15) is 24.2 Å². The minimum Gasteiger partial charge on any atom is -0.375 e. The summed E-state index contributed by atoms with van der Waals surface area (Å²) in [5.74, 6) is -1.43. The zero-order valence-electron chi connectivity index (χ0n) is 18.1. The van der Waals surface area contributed by atoms with Crippen molar-refractivity contribution < 1.29 is 18.4 Å². The summed E-state index contributed by atoms with van der Waals surface area (Å²) in [4.78, 5) is 42.1. The number of aromatic amines is 1. The number of imide groups is 1. The molecule has 1 saturated carbocycles. The molecule has 6 rings (SSSR count). The average Bonchev–Trinajstić information content (AvgIpc) is 3.44. The number of rotatable bonds is 3. The zero-order valence-corrected chi connectivity index (χ0v) is 18.1. The lowest BCUT2D eigenvalue weighted by atomic mass is 9.88. The molecule has 34 heavy (non-hydrogen) atoms. The third kappa shape index (κ3) is 3.08. The lowest BCUT2D eigenvalue weighted by molar-refractivity contribution is -0.127. The van der Waals surface area contributed by atoms with Crippen molar-refractivity contribution in [2.45, 2.75) is 43.8 Å². The van der Waals surface area contributed by atoms with Crippen molar-refractivity contribution in [3.8, 4) is 0 Å². The molecule has 3 heterocycles. The van der Waals surface area contributed by atoms with E-state index in [4.69, 9.17) is 0 Å². The second kappa shape index (κ2) is 7.61. The molecular formula is C24H21F2N5O3. The Bertz CT molecular complexity index is 1380. The topological polar surface area (TPSA) is 98.4 Å². The van der Waals surface area contributed by atoms with Crippen LogP contribution in [-0.4, -0.2) is 44.5 Å². The van der Waals surface area contributed by atoms with Crippen LogP contribution in [-0.2, 0) is 4.79 Å². The molecule has 2 aromatic carbocycles. The fourth-order valence-electron chi connectivity index (χ4n) is 5.54. The molecule has 0 bridgehead atoms. The van der Waals surface area contributed by atoms with Gasteiger partial charge in [-0.3, -0.25) is 14.5 Å². The van der Waals surface area contributed by atoms with Crippen LogP contribution in [0, 0.1) is 11.6 Å². The van der Waals surface area contributed by atoms with Gasteiger partial charge in [0, 0.05) is 17.1 Å². The van der Waals surface area contributed by atoms with E-state index in [0.29, 0.717) is 16.6 Å². The molecule has 0 spiro atoms. The first-order chi connectivity index (χ1) is 16.4. The maximum absolute atomic E-state index is 14.4. The molecule has 2 aliphatic heterocycles. The van der Waals surface area contributed by atoms with Gasteiger partial charge >= 0.3 is 6.03 Å². The zero-order chi connectivity index (χ0) is 23.6. The number of carbonyl (C=O) groups is 2. The molecule has 8 nitrogen and oxygen atoms in total. The molecule has 2 unspecified atom stereocenters. The molecular weight excluding hydrogens is 444 g/mol. The molecule has 1 aliphatic carbocycles. The van der Waals surface area contributed by atoms with E-state index in [9.17, 15) is 23.2 Å². The lowest BCUT2D eigenvalue weighted by Crippen LogP contribution is -2.44. The molecule has 2 N–H and O–H groups in total. The quantitative estimate of drug-likeness (QED) is 0.576. The van der Waals surface area contributed by atoms with Crippen molar-refractivity contribution in [3.63, 3.8) is 0 Å². The highest BCUT2D eigenvalue weighted by Gasteiger charge is 2.49. The average molecular weight is 465 g/mol. The minimum atomic E-state index is -0.922. The molecule has 1 saturated heterocycles. The van der Waals surface area contributed by atoms with Crippen molar-refractivity contribution in [1.82, 2.24) is 20.0 Å². The number of aromatic nitrogens is 2. The maximum atomic E-state index is 14.4. The number of nitrogens with one attached hydrogen (secondary N) is 2. The predicted molar refractivity (Wildman–Crippen MR) is 119 cm³/mol. The second-order valence-electron chi connectivity index (χ2n) is 9.04. The van der Waals surface area contributed by atoms with Gasteiger partial charge in [-0.15, -0.1) is 0 Å². The number of amides is 3. The number of carbonyl (C=O) groups excluding carboxylic acids is 2. The Morgan fingerprint density at radius 3 is 2.44 bits per heavy atom. The number of urea groups is 1. The number of benzene rings is 2. The first-order valence-corrected chi connectivity index (χ1v) is 11.3. The minimum absolute atomic E-state index is 0.00668. The first-order valence-electron chi connectivity index (χ1n) is 11.3. The van der Waals surface area contributed by atoms with Crippen LogP contribution in [0.3, 0.4) is 0 Å². The Morgan fingerprint density at radius 2 is 1.71 bits per heavy atom. The standard InChI is InChI=1S/C24H21F2N5O3/c25-13-7-5-12(6-8-13)20-22(31-18(32)11-30(24(31)34)15-3-1-2-4-15)21-19-16(23(33)29-28-21)9-14(26)10-17(19)27-20/h5-10,15,20,22,27H,1-4,11H2,(H,29,33). The van der Waals surface area contributed by atoms with Gasteiger partial charge < -0.3 is 10.2 Å². The lowest BCUT2D eigenvalue weighted by Gasteiger charge is -2.38. The van der Waals surface area contributed by atoms with Crippen molar-refractivity contribution in [2.24, 2.45) is 0 Å². The predicted octanol–water partition coefficient (Wildman–Crippen LogP) is 3.62. The van der Waals surface area contributed by atoms with E-state index in [1.807, 2.05) is 0 Å². The third-order valence-electron chi connectivity index (χ3n) is 7.09. The van der Waals surface area contributed by atoms with Crippen LogP contribution < -0.4 is 10.9 Å². The number of hydrogen-bond donors (Lipinski definition) is 2. The summed E-state index contributed by atoms with van der Waals surface area (Å²) in [6, 6.07) is 5.96. The molecule has 3 aliphatic rings. The molecule has 2 fully saturated rings. The van der Waals surface area contributed by atoms with E-state index < -0.39 is 35.3 Å². The van der Waals surface area contributed by atoms with Gasteiger partial charge in [-0.05, 0) is 42.7 Å². The van der Waals surface area contributed by atoms with Crippen molar-refractivity contribution in [2.75, 3.05) is 11.9 Å². The number of anilines is 1. The molecule has 174 valence electrons. The number of nitrogens with zero attached hydrogens (tertiary/aromatic N) is 3. The fraction of sp³-hybridized carbons (Fsp3) is 0.333. The maximum Gasteiger partial charge on any atom is 0.328 e. The molecule has 3 aromatic rings. The van der Waals surface area contributed by atoms with E-state index in [0.717, 1.165) is 31.7 Å². The highest BCUT2D eigenvalue weighted by molar-refractivity contribution is 6.04. The van der Waals surface area contributed by atoms with Gasteiger partial charge in [-0.1, -0.05) is 25.0 Å². The van der Waals surface area contributed by atoms with Gasteiger partial charge in [-0.25, -0.2) is 18.7 Å². The van der Waals surface area contributed by atoms with Crippen molar-refractivity contribution >= 4 is 28.4 Å². The summed E-state index contributed by atoms with van der Waals surface area (Å²) in [6.45, 7) is -0.0289. The van der Waals surface area contributed by atoms with Gasteiger partial charge in [-0.2, -0.15) is 5.10 Å². The molecule has 10 heteroatoms. The smallest absolute Gasteiger partial charge is 0.328 e. The second-order valence-corrected chi connectivity index (χ2v) is 9.04. The van der Waals surface area contributed by atoms with Gasteiger partial charge in [0.05, 0.1) is 17.1 Å². The van der Waals surface area contributed by atoms with Gasteiger partial charge in [0.2, 0.25) is 0 Å². The third-order valence-corrected chi connectivity index (χ3v) is 7.09. The van der Waals surface area contributed by atoms with Gasteiger partial charge in [0.25, 0.3) is 11.5 Å². The van der Waals surface area contributed by atoms with Gasteiger partial charge in [0.15, 0.2) is 0 Å². The van der Waals surface area contributed by atoms with Crippen LogP contribution in [0.1, 0.15) is 49.0 Å². The Kier molecular flexibility index (Phi) is 4.65. The highest BCUT2D eigenvalue weighted by Crippen LogP contribution is 2.46. The molecule has 0 radical (unpaired) electrons. The Labute approximate surface area is 192 Å². The fourth-order valence-corrected chi connectivity index (χ4v) is 5.54. The summed E-state index contributed by atoms with van der Waals surface area (Å²) in [5.41, 5.74) is 0.614. The molecule has 2 atom stereocenters. The van der Waals surface area contributed by atoms with E-state index in [1.165, 1.54) is 23.1 Å².